The van der Waals surface area contributed by atoms with Gasteiger partial charge in [0.1, 0.15) is 5.82 Å². The van der Waals surface area contributed by atoms with Crippen LogP contribution in [0.15, 0.2) is 53.7 Å². The molecule has 3 N–H and O–H groups in total. The molecule has 0 saturated heterocycles. The molecule has 0 saturated carbocycles. The highest BCUT2D eigenvalue weighted by molar-refractivity contribution is 7.99. The molecule has 1 unspecified atom stereocenters. The van der Waals surface area contributed by atoms with Crippen LogP contribution < -0.4 is 5.73 Å². The van der Waals surface area contributed by atoms with Gasteiger partial charge in [-0.1, -0.05) is 36.0 Å². The van der Waals surface area contributed by atoms with Gasteiger partial charge in [0.25, 0.3) is 0 Å². The van der Waals surface area contributed by atoms with Crippen molar-refractivity contribution in [1.82, 2.24) is 9.97 Å². The number of hydrogen-bond donors (Lipinski definition) is 2. The first-order valence-corrected chi connectivity index (χ1v) is 7.29. The van der Waals surface area contributed by atoms with Crippen molar-refractivity contribution in [1.29, 1.82) is 0 Å². The number of aromatic nitrogens is 2. The molecule has 3 nitrogen and oxygen atoms in total. The summed E-state index contributed by atoms with van der Waals surface area (Å²) in [4.78, 5) is 7.73. The average molecular weight is 287 g/mol. The maximum Gasteiger partial charge on any atom is 0.166 e. The van der Waals surface area contributed by atoms with Crippen LogP contribution in [0.2, 0.25) is 0 Å². The van der Waals surface area contributed by atoms with Crippen LogP contribution in [0.25, 0.3) is 11.0 Å². The second-order valence-electron chi connectivity index (χ2n) is 4.53. The third-order valence-corrected chi connectivity index (χ3v) is 4.06. The van der Waals surface area contributed by atoms with Gasteiger partial charge in [0, 0.05) is 11.8 Å². The Labute approximate surface area is 120 Å². The van der Waals surface area contributed by atoms with Crippen molar-refractivity contribution >= 4 is 22.8 Å². The fraction of sp³-hybridized carbons (Fsp3) is 0.133. The van der Waals surface area contributed by atoms with Crippen molar-refractivity contribution in [2.24, 2.45) is 5.73 Å². The molecule has 0 aliphatic rings. The number of H-pyrrole nitrogens is 1. The molecule has 2 aromatic carbocycles. The molecule has 20 heavy (non-hydrogen) atoms. The van der Waals surface area contributed by atoms with Gasteiger partial charge in [-0.05, 0) is 29.8 Å². The lowest BCUT2D eigenvalue weighted by Crippen LogP contribution is -2.12. The summed E-state index contributed by atoms with van der Waals surface area (Å²) in [5.41, 5.74) is 9.00. The number of para-hydroxylation sites is 2. The second kappa shape index (κ2) is 5.64. The van der Waals surface area contributed by atoms with E-state index in [1.54, 1.807) is 23.9 Å². The number of fused-ring (bicyclic) bond motifs is 1. The number of imidazole rings is 1. The summed E-state index contributed by atoms with van der Waals surface area (Å²) in [6.07, 6.45) is 0. The van der Waals surface area contributed by atoms with Gasteiger partial charge in [0.2, 0.25) is 0 Å². The maximum absolute atomic E-state index is 12.9. The maximum atomic E-state index is 12.9. The summed E-state index contributed by atoms with van der Waals surface area (Å²) >= 11 is 1.57. The topological polar surface area (TPSA) is 54.7 Å². The molecular weight excluding hydrogens is 273 g/mol. The Bertz CT molecular complexity index is 675. The zero-order valence-electron chi connectivity index (χ0n) is 10.7. The first-order valence-electron chi connectivity index (χ1n) is 6.31. The number of halogens is 1. The van der Waals surface area contributed by atoms with E-state index in [9.17, 15) is 4.39 Å². The standard InChI is InChI=1S/C15H14FN3S/c16-11-7-5-10(6-8-11)12(17)9-20-15-18-13-3-1-2-4-14(13)19-15/h1-8,12H,9,17H2,(H,18,19). The van der Waals surface area contributed by atoms with Crippen molar-refractivity contribution < 1.29 is 4.39 Å². The summed E-state index contributed by atoms with van der Waals surface area (Å²) in [6, 6.07) is 14.1. The van der Waals surface area contributed by atoms with Crippen molar-refractivity contribution in [2.45, 2.75) is 11.2 Å². The van der Waals surface area contributed by atoms with E-state index in [0.29, 0.717) is 5.75 Å². The minimum atomic E-state index is -0.245. The van der Waals surface area contributed by atoms with Gasteiger partial charge in [0.15, 0.2) is 5.16 Å². The van der Waals surface area contributed by atoms with Crippen LogP contribution in [0.4, 0.5) is 4.39 Å². The van der Waals surface area contributed by atoms with Crippen molar-refractivity contribution in [2.75, 3.05) is 5.75 Å². The van der Waals surface area contributed by atoms with Crippen molar-refractivity contribution in [3.8, 4) is 0 Å². The lowest BCUT2D eigenvalue weighted by molar-refractivity contribution is 0.626. The fourth-order valence-corrected chi connectivity index (χ4v) is 2.85. The Hall–Kier alpha value is -1.85. The molecule has 5 heteroatoms. The molecule has 102 valence electrons. The van der Waals surface area contributed by atoms with Crippen LogP contribution in [0.5, 0.6) is 0 Å². The lowest BCUT2D eigenvalue weighted by Gasteiger charge is -2.10. The van der Waals surface area contributed by atoms with Gasteiger partial charge in [-0.2, -0.15) is 0 Å². The van der Waals surface area contributed by atoms with Crippen LogP contribution in [-0.2, 0) is 0 Å². The van der Waals surface area contributed by atoms with Gasteiger partial charge in [-0.15, -0.1) is 0 Å². The summed E-state index contributed by atoms with van der Waals surface area (Å²) in [6.45, 7) is 0. The van der Waals surface area contributed by atoms with Crippen LogP contribution in [0.3, 0.4) is 0 Å². The number of rotatable bonds is 4. The van der Waals surface area contributed by atoms with Crippen LogP contribution in [-0.4, -0.2) is 15.7 Å². The quantitative estimate of drug-likeness (QED) is 0.722. The van der Waals surface area contributed by atoms with E-state index in [1.807, 2.05) is 24.3 Å². The number of hydrogen-bond acceptors (Lipinski definition) is 3. The third kappa shape index (κ3) is 2.84. The zero-order chi connectivity index (χ0) is 13.9. The normalized spacial score (nSPS) is 12.7. The van der Waals surface area contributed by atoms with E-state index in [1.165, 1.54) is 12.1 Å². The molecule has 3 aromatic rings. The number of nitrogens with one attached hydrogen (secondary N) is 1. The van der Waals surface area contributed by atoms with Crippen molar-refractivity contribution in [3.63, 3.8) is 0 Å². The molecule has 0 aliphatic heterocycles. The van der Waals surface area contributed by atoms with E-state index >= 15 is 0 Å². The molecule has 1 heterocycles. The predicted molar refractivity (Wildman–Crippen MR) is 80.1 cm³/mol. The summed E-state index contributed by atoms with van der Waals surface area (Å²) in [7, 11) is 0. The van der Waals surface area contributed by atoms with Gasteiger partial charge in [-0.3, -0.25) is 0 Å². The molecular formula is C15H14FN3S. The van der Waals surface area contributed by atoms with E-state index in [0.717, 1.165) is 21.8 Å². The number of nitrogens with two attached hydrogens (primary N) is 1. The number of thioether (sulfide) groups is 1. The van der Waals surface area contributed by atoms with E-state index in [2.05, 4.69) is 9.97 Å². The molecule has 3 rings (SSSR count). The third-order valence-electron chi connectivity index (χ3n) is 3.07. The SMILES string of the molecule is NC(CSc1nc2ccccc2[nH]1)c1ccc(F)cc1. The van der Waals surface area contributed by atoms with E-state index < -0.39 is 0 Å². The van der Waals surface area contributed by atoms with Crippen LogP contribution in [0.1, 0.15) is 11.6 Å². The van der Waals surface area contributed by atoms with Crippen LogP contribution >= 0.6 is 11.8 Å². The largest absolute Gasteiger partial charge is 0.333 e. The smallest absolute Gasteiger partial charge is 0.166 e. The predicted octanol–water partition coefficient (Wildman–Crippen LogP) is 3.49. The van der Waals surface area contributed by atoms with Gasteiger partial charge < -0.3 is 10.7 Å². The Morgan fingerprint density at radius 1 is 1.15 bits per heavy atom. The number of aromatic amines is 1. The van der Waals surface area contributed by atoms with Gasteiger partial charge in [0.05, 0.1) is 11.0 Å². The average Bonchev–Trinajstić information content (AvgIpc) is 2.88. The Morgan fingerprint density at radius 3 is 2.65 bits per heavy atom. The first kappa shape index (κ1) is 13.1. The second-order valence-corrected chi connectivity index (χ2v) is 5.54. The fourth-order valence-electron chi connectivity index (χ4n) is 1.97. The minimum absolute atomic E-state index is 0.145. The van der Waals surface area contributed by atoms with Gasteiger partial charge >= 0.3 is 0 Å². The highest BCUT2D eigenvalue weighted by atomic mass is 32.2. The Kier molecular flexibility index (Phi) is 3.71. The molecule has 0 spiro atoms. The monoisotopic (exact) mass is 287 g/mol. The number of benzene rings is 2. The molecule has 1 aromatic heterocycles. The number of nitrogens with zero attached hydrogens (tertiary/aromatic N) is 1. The van der Waals surface area contributed by atoms with Crippen molar-refractivity contribution in [3.05, 3.63) is 59.9 Å². The highest BCUT2D eigenvalue weighted by Gasteiger charge is 2.09. The first-order chi connectivity index (χ1) is 9.72. The Balaban J connectivity index is 1.68. The zero-order valence-corrected chi connectivity index (χ0v) is 11.5. The molecule has 0 bridgehead atoms. The molecule has 1 atom stereocenters. The van der Waals surface area contributed by atoms with E-state index in [-0.39, 0.29) is 11.9 Å². The van der Waals surface area contributed by atoms with Gasteiger partial charge in [-0.25, -0.2) is 9.37 Å². The molecule has 0 amide bonds. The summed E-state index contributed by atoms with van der Waals surface area (Å²) in [5.74, 6) is 0.441. The lowest BCUT2D eigenvalue weighted by atomic mass is 10.1. The summed E-state index contributed by atoms with van der Waals surface area (Å²) in [5, 5.41) is 0.851. The minimum Gasteiger partial charge on any atom is -0.333 e. The highest BCUT2D eigenvalue weighted by Crippen LogP contribution is 2.23. The molecule has 0 aliphatic carbocycles. The molecule has 0 fully saturated rings. The van der Waals surface area contributed by atoms with E-state index in [4.69, 9.17) is 5.73 Å². The summed E-state index contributed by atoms with van der Waals surface area (Å²) < 4.78 is 12.9. The molecule has 0 radical (unpaired) electrons. The van der Waals surface area contributed by atoms with Crippen LogP contribution in [0, 0.1) is 5.82 Å². The Morgan fingerprint density at radius 2 is 1.90 bits per heavy atom.